The topological polar surface area (TPSA) is 29.5 Å². The summed E-state index contributed by atoms with van der Waals surface area (Å²) in [7, 11) is 0. The van der Waals surface area contributed by atoms with Crippen molar-refractivity contribution in [2.45, 2.75) is 64.6 Å². The van der Waals surface area contributed by atoms with Gasteiger partial charge in [0.15, 0.2) is 0 Å². The lowest BCUT2D eigenvalue weighted by Crippen LogP contribution is -2.49. The van der Waals surface area contributed by atoms with E-state index in [0.717, 1.165) is 19.3 Å². The summed E-state index contributed by atoms with van der Waals surface area (Å²) in [6.45, 7) is 7.89. The predicted molar refractivity (Wildman–Crippen MR) is 72.4 cm³/mol. The van der Waals surface area contributed by atoms with E-state index in [1.807, 2.05) is 25.7 Å². The third-order valence-corrected chi connectivity index (χ3v) is 3.34. The van der Waals surface area contributed by atoms with Crippen molar-refractivity contribution in [1.82, 2.24) is 4.90 Å². The van der Waals surface area contributed by atoms with Crippen LogP contribution in [0, 0.1) is 0 Å². The highest BCUT2D eigenvalue weighted by atomic mass is 16.6. The van der Waals surface area contributed by atoms with Gasteiger partial charge in [0, 0.05) is 6.04 Å². The number of nitrogens with zero attached hydrogens (tertiary/aromatic N) is 1. The van der Waals surface area contributed by atoms with Crippen molar-refractivity contribution in [2.75, 3.05) is 0 Å². The maximum atomic E-state index is 12.3. The number of fused-ring (bicyclic) bond motifs is 2. The Morgan fingerprint density at radius 1 is 1.33 bits per heavy atom. The molecule has 0 saturated heterocycles. The molecule has 18 heavy (non-hydrogen) atoms. The summed E-state index contributed by atoms with van der Waals surface area (Å²) < 4.78 is 5.53. The van der Waals surface area contributed by atoms with Crippen LogP contribution in [0.2, 0.25) is 0 Å². The molecule has 0 fully saturated rings. The molecule has 3 nitrogen and oxygen atoms in total. The van der Waals surface area contributed by atoms with Gasteiger partial charge in [-0.1, -0.05) is 23.8 Å². The largest absolute Gasteiger partial charge is 0.444 e. The molecule has 2 heterocycles. The molecule has 0 aliphatic carbocycles. The van der Waals surface area contributed by atoms with E-state index in [-0.39, 0.29) is 18.2 Å². The molecule has 2 unspecified atom stereocenters. The number of carbonyl (C=O) groups excluding carboxylic acids is 1. The minimum absolute atomic E-state index is 0.164. The Kier molecular flexibility index (Phi) is 3.51. The standard InChI is InChI=1S/C15H23NO2/c1-11-9-12-7-5-6-8-13(10-11)16(12)14(17)18-15(2,3)4/h5-6,9,12-13H,7-8,10H2,1-4H3. The lowest BCUT2D eigenvalue weighted by Gasteiger charge is -2.39. The van der Waals surface area contributed by atoms with Crippen LogP contribution in [-0.2, 0) is 4.74 Å². The summed E-state index contributed by atoms with van der Waals surface area (Å²) in [5.74, 6) is 0. The van der Waals surface area contributed by atoms with E-state index in [1.54, 1.807) is 0 Å². The average Bonchev–Trinajstić information content (AvgIpc) is 2.33. The van der Waals surface area contributed by atoms with Crippen LogP contribution in [0.25, 0.3) is 0 Å². The number of carbonyl (C=O) groups is 1. The van der Waals surface area contributed by atoms with Crippen LogP contribution in [0.5, 0.6) is 0 Å². The molecule has 0 aromatic rings. The molecule has 0 spiro atoms. The molecule has 2 bridgehead atoms. The smallest absolute Gasteiger partial charge is 0.411 e. The second kappa shape index (κ2) is 4.79. The summed E-state index contributed by atoms with van der Waals surface area (Å²) in [6.07, 6.45) is 9.18. The molecule has 2 atom stereocenters. The first-order chi connectivity index (χ1) is 8.37. The van der Waals surface area contributed by atoms with Gasteiger partial charge in [0.1, 0.15) is 5.60 Å². The molecular formula is C15H23NO2. The Labute approximate surface area is 109 Å². The van der Waals surface area contributed by atoms with Crippen molar-refractivity contribution < 1.29 is 9.53 Å². The van der Waals surface area contributed by atoms with Gasteiger partial charge in [-0.3, -0.25) is 4.90 Å². The Balaban J connectivity index is 2.19. The van der Waals surface area contributed by atoms with Gasteiger partial charge in [-0.25, -0.2) is 4.79 Å². The van der Waals surface area contributed by atoms with Crippen molar-refractivity contribution >= 4 is 6.09 Å². The molecule has 2 rings (SSSR count). The minimum Gasteiger partial charge on any atom is -0.444 e. The summed E-state index contributed by atoms with van der Waals surface area (Å²) in [6, 6.07) is 0.422. The minimum atomic E-state index is -0.427. The molecule has 0 aromatic carbocycles. The quantitative estimate of drug-likeness (QED) is 0.613. The summed E-state index contributed by atoms with van der Waals surface area (Å²) in [5, 5.41) is 0. The number of rotatable bonds is 0. The Morgan fingerprint density at radius 2 is 2.00 bits per heavy atom. The molecule has 0 saturated carbocycles. The second-order valence-electron chi connectivity index (χ2n) is 6.27. The van der Waals surface area contributed by atoms with Crippen molar-refractivity contribution in [3.05, 3.63) is 23.8 Å². The van der Waals surface area contributed by atoms with E-state index in [1.165, 1.54) is 5.57 Å². The maximum absolute atomic E-state index is 12.3. The van der Waals surface area contributed by atoms with Crippen molar-refractivity contribution in [1.29, 1.82) is 0 Å². The third-order valence-electron chi connectivity index (χ3n) is 3.34. The highest BCUT2D eigenvalue weighted by Crippen LogP contribution is 2.30. The molecule has 100 valence electrons. The van der Waals surface area contributed by atoms with E-state index in [4.69, 9.17) is 4.74 Å². The van der Waals surface area contributed by atoms with Crippen LogP contribution >= 0.6 is 0 Å². The number of ether oxygens (including phenoxy) is 1. The fraction of sp³-hybridized carbons (Fsp3) is 0.667. The monoisotopic (exact) mass is 249 g/mol. The first-order valence-electron chi connectivity index (χ1n) is 6.70. The Hall–Kier alpha value is -1.25. The van der Waals surface area contributed by atoms with Crippen LogP contribution < -0.4 is 0 Å². The molecular weight excluding hydrogens is 226 g/mol. The summed E-state index contributed by atoms with van der Waals surface area (Å²) >= 11 is 0. The molecule has 2 aliphatic rings. The summed E-state index contributed by atoms with van der Waals surface area (Å²) in [4.78, 5) is 14.3. The van der Waals surface area contributed by atoms with Gasteiger partial charge in [-0.2, -0.15) is 0 Å². The van der Waals surface area contributed by atoms with E-state index in [2.05, 4.69) is 25.2 Å². The zero-order valence-electron chi connectivity index (χ0n) is 11.8. The van der Waals surface area contributed by atoms with Crippen LogP contribution in [0.3, 0.4) is 0 Å². The van der Waals surface area contributed by atoms with Gasteiger partial charge in [-0.15, -0.1) is 0 Å². The van der Waals surface area contributed by atoms with Gasteiger partial charge >= 0.3 is 6.09 Å². The highest BCUT2D eigenvalue weighted by Gasteiger charge is 2.35. The highest BCUT2D eigenvalue weighted by molar-refractivity contribution is 5.70. The van der Waals surface area contributed by atoms with Crippen LogP contribution in [0.15, 0.2) is 23.8 Å². The molecule has 3 heteroatoms. The zero-order valence-corrected chi connectivity index (χ0v) is 11.8. The van der Waals surface area contributed by atoms with E-state index in [0.29, 0.717) is 0 Å². The first-order valence-corrected chi connectivity index (χ1v) is 6.70. The van der Waals surface area contributed by atoms with Crippen LogP contribution in [-0.4, -0.2) is 28.7 Å². The van der Waals surface area contributed by atoms with E-state index < -0.39 is 5.60 Å². The van der Waals surface area contributed by atoms with E-state index >= 15 is 0 Å². The second-order valence-corrected chi connectivity index (χ2v) is 6.27. The van der Waals surface area contributed by atoms with Gasteiger partial charge in [-0.05, 0) is 47.0 Å². The first kappa shape index (κ1) is 13.2. The van der Waals surface area contributed by atoms with Crippen molar-refractivity contribution in [3.8, 4) is 0 Å². The van der Waals surface area contributed by atoms with Gasteiger partial charge in [0.05, 0.1) is 6.04 Å². The number of amides is 1. The predicted octanol–water partition coefficient (Wildman–Crippen LogP) is 3.66. The SMILES string of the molecule is CC1=CC2CC=CCC(C1)N2C(=O)OC(C)(C)C. The molecule has 0 aromatic heterocycles. The lowest BCUT2D eigenvalue weighted by atomic mass is 9.95. The van der Waals surface area contributed by atoms with Crippen LogP contribution in [0.1, 0.15) is 47.0 Å². The van der Waals surface area contributed by atoms with Gasteiger partial charge in [0.25, 0.3) is 0 Å². The molecule has 0 N–H and O–H groups in total. The lowest BCUT2D eigenvalue weighted by molar-refractivity contribution is 0.00885. The molecule has 0 radical (unpaired) electrons. The summed E-state index contributed by atoms with van der Waals surface area (Å²) in [5.41, 5.74) is 0.956. The maximum Gasteiger partial charge on any atom is 0.411 e. The van der Waals surface area contributed by atoms with E-state index in [9.17, 15) is 4.79 Å². The van der Waals surface area contributed by atoms with Gasteiger partial charge < -0.3 is 4.74 Å². The Bertz CT molecular complexity index is 390. The molecule has 2 aliphatic heterocycles. The number of hydrogen-bond donors (Lipinski definition) is 0. The fourth-order valence-electron chi connectivity index (χ4n) is 2.68. The third kappa shape index (κ3) is 2.95. The number of hydrogen-bond acceptors (Lipinski definition) is 2. The fourth-order valence-corrected chi connectivity index (χ4v) is 2.68. The van der Waals surface area contributed by atoms with Crippen LogP contribution in [0.4, 0.5) is 4.79 Å². The normalized spacial score (nSPS) is 27.6. The van der Waals surface area contributed by atoms with Gasteiger partial charge in [0.2, 0.25) is 0 Å². The van der Waals surface area contributed by atoms with Crippen molar-refractivity contribution in [3.63, 3.8) is 0 Å². The zero-order chi connectivity index (χ0) is 13.3. The van der Waals surface area contributed by atoms with Crippen molar-refractivity contribution in [2.24, 2.45) is 0 Å². The Morgan fingerprint density at radius 3 is 2.67 bits per heavy atom. The molecule has 1 amide bonds. The average molecular weight is 249 g/mol.